The van der Waals surface area contributed by atoms with Crippen LogP contribution in [0.15, 0.2) is 18.2 Å². The Morgan fingerprint density at radius 2 is 2.06 bits per heavy atom. The third kappa shape index (κ3) is 3.09. The van der Waals surface area contributed by atoms with Crippen molar-refractivity contribution in [1.29, 1.82) is 0 Å². The first kappa shape index (κ1) is 13.1. The highest BCUT2D eigenvalue weighted by Gasteiger charge is 2.28. The second-order valence-electron chi connectivity index (χ2n) is 5.56. The van der Waals surface area contributed by atoms with E-state index >= 15 is 0 Å². The molecule has 3 N–H and O–H groups in total. The Hall–Kier alpha value is -1.38. The molecule has 1 aliphatic carbocycles. The van der Waals surface area contributed by atoms with Crippen molar-refractivity contribution in [3.8, 4) is 5.75 Å². The van der Waals surface area contributed by atoms with Gasteiger partial charge >= 0.3 is 0 Å². The van der Waals surface area contributed by atoms with Crippen molar-refractivity contribution in [3.63, 3.8) is 0 Å². The summed E-state index contributed by atoms with van der Waals surface area (Å²) in [6, 6.07) is 5.93. The van der Waals surface area contributed by atoms with Gasteiger partial charge in [-0.25, -0.2) is 0 Å². The molecule has 0 aliphatic heterocycles. The summed E-state index contributed by atoms with van der Waals surface area (Å²) in [7, 11) is 0. The van der Waals surface area contributed by atoms with Gasteiger partial charge in [-0.05, 0) is 37.3 Å². The van der Waals surface area contributed by atoms with E-state index < -0.39 is 0 Å². The van der Waals surface area contributed by atoms with Crippen LogP contribution in [0.2, 0.25) is 0 Å². The molecule has 1 fully saturated rings. The standard InChI is InChI=1S/C15H24N2O/c1-3-18-14-10-12(6-7-13(14)16)17-11-15(2)8-4-5-9-15/h6-7,10,17H,3-5,8-9,11,16H2,1-2H3. The fraction of sp³-hybridized carbons (Fsp3) is 0.600. The minimum absolute atomic E-state index is 0.452. The van der Waals surface area contributed by atoms with Crippen molar-refractivity contribution >= 4 is 11.4 Å². The molecule has 0 atom stereocenters. The summed E-state index contributed by atoms with van der Waals surface area (Å²) >= 11 is 0. The molecule has 2 rings (SSSR count). The number of nitrogens with one attached hydrogen (secondary N) is 1. The minimum Gasteiger partial charge on any atom is -0.492 e. The largest absolute Gasteiger partial charge is 0.492 e. The molecule has 0 radical (unpaired) electrons. The van der Waals surface area contributed by atoms with Gasteiger partial charge in [0, 0.05) is 18.3 Å². The fourth-order valence-electron chi connectivity index (χ4n) is 2.65. The Labute approximate surface area is 110 Å². The number of nitrogen functional groups attached to an aromatic ring is 1. The Kier molecular flexibility index (Phi) is 4.00. The fourth-order valence-corrected chi connectivity index (χ4v) is 2.65. The molecule has 100 valence electrons. The molecule has 1 aromatic carbocycles. The van der Waals surface area contributed by atoms with Gasteiger partial charge in [-0.1, -0.05) is 19.8 Å². The van der Waals surface area contributed by atoms with Gasteiger partial charge in [-0.15, -0.1) is 0 Å². The second-order valence-corrected chi connectivity index (χ2v) is 5.56. The summed E-state index contributed by atoms with van der Waals surface area (Å²) < 4.78 is 5.51. The van der Waals surface area contributed by atoms with Crippen LogP contribution < -0.4 is 15.8 Å². The molecule has 0 aromatic heterocycles. The zero-order valence-electron chi connectivity index (χ0n) is 11.5. The monoisotopic (exact) mass is 248 g/mol. The molecule has 1 aliphatic rings. The number of hydrogen-bond acceptors (Lipinski definition) is 3. The molecule has 0 saturated heterocycles. The van der Waals surface area contributed by atoms with Crippen LogP contribution in [-0.4, -0.2) is 13.2 Å². The molecule has 18 heavy (non-hydrogen) atoms. The van der Waals surface area contributed by atoms with E-state index in [9.17, 15) is 0 Å². The van der Waals surface area contributed by atoms with E-state index in [-0.39, 0.29) is 0 Å². The van der Waals surface area contributed by atoms with Crippen LogP contribution in [0.25, 0.3) is 0 Å². The number of nitrogens with two attached hydrogens (primary N) is 1. The Morgan fingerprint density at radius 1 is 1.33 bits per heavy atom. The summed E-state index contributed by atoms with van der Waals surface area (Å²) in [6.45, 7) is 6.01. The lowest BCUT2D eigenvalue weighted by Gasteiger charge is -2.24. The van der Waals surface area contributed by atoms with Crippen LogP contribution in [0, 0.1) is 5.41 Å². The third-order valence-corrected chi connectivity index (χ3v) is 3.84. The Bertz CT molecular complexity index is 397. The molecule has 3 nitrogen and oxygen atoms in total. The maximum atomic E-state index is 5.87. The Balaban J connectivity index is 1.98. The predicted molar refractivity (Wildman–Crippen MR) is 77.1 cm³/mol. The summed E-state index contributed by atoms with van der Waals surface area (Å²) in [4.78, 5) is 0. The molecule has 1 aromatic rings. The van der Waals surface area contributed by atoms with Crippen molar-refractivity contribution in [2.24, 2.45) is 5.41 Å². The molecule has 3 heteroatoms. The van der Waals surface area contributed by atoms with Gasteiger partial charge in [0.05, 0.1) is 12.3 Å². The van der Waals surface area contributed by atoms with E-state index in [0.717, 1.165) is 18.0 Å². The van der Waals surface area contributed by atoms with Crippen LogP contribution in [-0.2, 0) is 0 Å². The van der Waals surface area contributed by atoms with Gasteiger partial charge in [0.1, 0.15) is 5.75 Å². The van der Waals surface area contributed by atoms with Crippen molar-refractivity contribution in [2.45, 2.75) is 39.5 Å². The minimum atomic E-state index is 0.452. The van der Waals surface area contributed by atoms with E-state index in [4.69, 9.17) is 10.5 Å². The number of ether oxygens (including phenoxy) is 1. The van der Waals surface area contributed by atoms with Crippen molar-refractivity contribution in [3.05, 3.63) is 18.2 Å². The lowest BCUT2D eigenvalue weighted by molar-refractivity contribution is 0.342. The molecule has 0 heterocycles. The van der Waals surface area contributed by atoms with E-state index in [1.165, 1.54) is 25.7 Å². The maximum Gasteiger partial charge on any atom is 0.144 e. The van der Waals surface area contributed by atoms with E-state index in [2.05, 4.69) is 12.2 Å². The molecule has 0 amide bonds. The van der Waals surface area contributed by atoms with Crippen LogP contribution in [0.1, 0.15) is 39.5 Å². The summed E-state index contributed by atoms with van der Waals surface area (Å²) in [5.41, 5.74) is 8.12. The van der Waals surface area contributed by atoms with Gasteiger partial charge in [0.15, 0.2) is 0 Å². The van der Waals surface area contributed by atoms with Gasteiger partial charge < -0.3 is 15.8 Å². The molecular weight excluding hydrogens is 224 g/mol. The highest BCUT2D eigenvalue weighted by molar-refractivity contribution is 5.61. The van der Waals surface area contributed by atoms with Crippen molar-refractivity contribution < 1.29 is 4.74 Å². The lowest BCUT2D eigenvalue weighted by atomic mass is 9.89. The SMILES string of the molecule is CCOc1cc(NCC2(C)CCCC2)ccc1N. The van der Waals surface area contributed by atoms with Crippen molar-refractivity contribution in [1.82, 2.24) is 0 Å². The van der Waals surface area contributed by atoms with Crippen LogP contribution in [0.4, 0.5) is 11.4 Å². The summed E-state index contributed by atoms with van der Waals surface area (Å²) in [6.07, 6.45) is 5.38. The second kappa shape index (κ2) is 5.51. The molecular formula is C15H24N2O. The van der Waals surface area contributed by atoms with Crippen LogP contribution in [0.3, 0.4) is 0 Å². The van der Waals surface area contributed by atoms with Gasteiger partial charge in [0.25, 0.3) is 0 Å². The number of benzene rings is 1. The summed E-state index contributed by atoms with van der Waals surface area (Å²) in [5, 5.41) is 3.52. The highest BCUT2D eigenvalue weighted by atomic mass is 16.5. The Morgan fingerprint density at radius 3 is 2.72 bits per heavy atom. The van der Waals surface area contributed by atoms with Crippen LogP contribution in [0.5, 0.6) is 5.75 Å². The predicted octanol–water partition coefficient (Wildman–Crippen LogP) is 3.66. The zero-order valence-corrected chi connectivity index (χ0v) is 11.5. The van der Waals surface area contributed by atoms with Gasteiger partial charge in [0.2, 0.25) is 0 Å². The molecule has 0 bridgehead atoms. The van der Waals surface area contributed by atoms with E-state index in [0.29, 0.717) is 17.7 Å². The number of anilines is 2. The molecule has 0 spiro atoms. The normalized spacial score (nSPS) is 17.7. The first-order valence-electron chi connectivity index (χ1n) is 6.89. The van der Waals surface area contributed by atoms with E-state index in [1.807, 2.05) is 25.1 Å². The topological polar surface area (TPSA) is 47.3 Å². The third-order valence-electron chi connectivity index (χ3n) is 3.84. The van der Waals surface area contributed by atoms with Crippen molar-refractivity contribution in [2.75, 3.05) is 24.2 Å². The average molecular weight is 248 g/mol. The average Bonchev–Trinajstić information content (AvgIpc) is 2.78. The lowest BCUT2D eigenvalue weighted by Crippen LogP contribution is -2.22. The van der Waals surface area contributed by atoms with Crippen LogP contribution >= 0.6 is 0 Å². The number of rotatable bonds is 5. The summed E-state index contributed by atoms with van der Waals surface area (Å²) in [5.74, 6) is 0.777. The maximum absolute atomic E-state index is 5.87. The smallest absolute Gasteiger partial charge is 0.144 e. The molecule has 1 saturated carbocycles. The van der Waals surface area contributed by atoms with Gasteiger partial charge in [-0.3, -0.25) is 0 Å². The van der Waals surface area contributed by atoms with Gasteiger partial charge in [-0.2, -0.15) is 0 Å². The first-order chi connectivity index (χ1) is 8.63. The first-order valence-corrected chi connectivity index (χ1v) is 6.89. The molecule has 0 unspecified atom stereocenters. The highest BCUT2D eigenvalue weighted by Crippen LogP contribution is 2.37. The number of hydrogen-bond donors (Lipinski definition) is 2. The zero-order chi connectivity index (χ0) is 13.0. The van der Waals surface area contributed by atoms with E-state index in [1.54, 1.807) is 0 Å². The quantitative estimate of drug-likeness (QED) is 0.782.